The summed E-state index contributed by atoms with van der Waals surface area (Å²) in [4.78, 5) is 2.16. The van der Waals surface area contributed by atoms with Crippen LogP contribution in [-0.4, -0.2) is 56.6 Å². The SMILES string of the molecule is CCN(C/C=C/c1ccccc1)CC(O)COc1cccc(OC)c1OC. The molecule has 146 valence electrons. The largest absolute Gasteiger partial charge is 0.493 e. The number of ether oxygens (including phenoxy) is 3. The van der Waals surface area contributed by atoms with Crippen LogP contribution in [0, 0.1) is 0 Å². The van der Waals surface area contributed by atoms with Crippen molar-refractivity contribution < 1.29 is 19.3 Å². The molecule has 1 atom stereocenters. The fraction of sp³-hybridized carbons (Fsp3) is 0.364. The minimum atomic E-state index is -0.606. The Morgan fingerprint density at radius 2 is 1.74 bits per heavy atom. The van der Waals surface area contributed by atoms with Gasteiger partial charge in [-0.3, -0.25) is 4.90 Å². The molecule has 1 unspecified atom stereocenters. The van der Waals surface area contributed by atoms with Crippen molar-refractivity contribution in [1.82, 2.24) is 4.90 Å². The molecule has 2 aromatic rings. The van der Waals surface area contributed by atoms with E-state index in [1.54, 1.807) is 26.4 Å². The highest BCUT2D eigenvalue weighted by atomic mass is 16.5. The molecule has 2 rings (SSSR count). The topological polar surface area (TPSA) is 51.2 Å². The van der Waals surface area contributed by atoms with Crippen molar-refractivity contribution in [3.63, 3.8) is 0 Å². The number of aliphatic hydroxyl groups excluding tert-OH is 1. The molecule has 0 aliphatic carbocycles. The summed E-state index contributed by atoms with van der Waals surface area (Å²) in [6, 6.07) is 15.6. The standard InChI is InChI=1S/C22H29NO4/c1-4-23(15-9-12-18-10-6-5-7-11-18)16-19(24)17-27-21-14-8-13-20(25-2)22(21)26-3/h5-14,19,24H,4,15-17H2,1-3H3/b12-9+. The van der Waals surface area contributed by atoms with Gasteiger partial charge in [-0.05, 0) is 24.2 Å². The van der Waals surface area contributed by atoms with Gasteiger partial charge in [0.25, 0.3) is 0 Å². The van der Waals surface area contributed by atoms with Gasteiger partial charge < -0.3 is 19.3 Å². The maximum Gasteiger partial charge on any atom is 0.203 e. The van der Waals surface area contributed by atoms with Crippen LogP contribution in [0.25, 0.3) is 6.08 Å². The predicted molar refractivity (Wildman–Crippen MR) is 109 cm³/mol. The third-order valence-corrected chi connectivity index (χ3v) is 4.19. The van der Waals surface area contributed by atoms with Gasteiger partial charge in [0.2, 0.25) is 5.75 Å². The molecule has 5 nitrogen and oxygen atoms in total. The van der Waals surface area contributed by atoms with E-state index in [2.05, 4.69) is 36.1 Å². The van der Waals surface area contributed by atoms with Crippen LogP contribution >= 0.6 is 0 Å². The molecular formula is C22H29NO4. The van der Waals surface area contributed by atoms with E-state index >= 15 is 0 Å². The van der Waals surface area contributed by atoms with Crippen molar-refractivity contribution >= 4 is 6.08 Å². The highest BCUT2D eigenvalue weighted by molar-refractivity contribution is 5.51. The molecule has 0 spiro atoms. The minimum Gasteiger partial charge on any atom is -0.493 e. The first-order valence-electron chi connectivity index (χ1n) is 9.13. The summed E-state index contributed by atoms with van der Waals surface area (Å²) >= 11 is 0. The fourth-order valence-electron chi connectivity index (χ4n) is 2.74. The van der Waals surface area contributed by atoms with E-state index in [4.69, 9.17) is 14.2 Å². The van der Waals surface area contributed by atoms with Crippen LogP contribution in [0.4, 0.5) is 0 Å². The third-order valence-electron chi connectivity index (χ3n) is 4.19. The lowest BCUT2D eigenvalue weighted by Gasteiger charge is -2.22. The number of hydrogen-bond donors (Lipinski definition) is 1. The van der Waals surface area contributed by atoms with Crippen LogP contribution in [-0.2, 0) is 0 Å². The first-order chi connectivity index (χ1) is 13.2. The quantitative estimate of drug-likeness (QED) is 0.655. The summed E-state index contributed by atoms with van der Waals surface area (Å²) in [5, 5.41) is 10.4. The lowest BCUT2D eigenvalue weighted by atomic mass is 10.2. The minimum absolute atomic E-state index is 0.183. The van der Waals surface area contributed by atoms with Crippen LogP contribution in [0.1, 0.15) is 12.5 Å². The van der Waals surface area contributed by atoms with Crippen LogP contribution < -0.4 is 14.2 Å². The number of nitrogens with zero attached hydrogens (tertiary/aromatic N) is 1. The van der Waals surface area contributed by atoms with Gasteiger partial charge in [-0.1, -0.05) is 55.5 Å². The number of methoxy groups -OCH3 is 2. The molecule has 5 heteroatoms. The smallest absolute Gasteiger partial charge is 0.203 e. The zero-order chi connectivity index (χ0) is 19.5. The number of rotatable bonds is 11. The molecule has 1 N–H and O–H groups in total. The Hall–Kier alpha value is -2.50. The lowest BCUT2D eigenvalue weighted by Crippen LogP contribution is -2.35. The maximum atomic E-state index is 10.4. The first kappa shape index (κ1) is 20.8. The van der Waals surface area contributed by atoms with Gasteiger partial charge in [0.1, 0.15) is 12.7 Å². The van der Waals surface area contributed by atoms with Gasteiger partial charge >= 0.3 is 0 Å². The highest BCUT2D eigenvalue weighted by Gasteiger charge is 2.14. The van der Waals surface area contributed by atoms with Crippen molar-refractivity contribution in [3.8, 4) is 17.2 Å². The summed E-state index contributed by atoms with van der Waals surface area (Å²) < 4.78 is 16.4. The average molecular weight is 371 g/mol. The summed E-state index contributed by atoms with van der Waals surface area (Å²) in [7, 11) is 3.15. The molecule has 0 bridgehead atoms. The number of para-hydroxylation sites is 1. The van der Waals surface area contributed by atoms with Crippen molar-refractivity contribution in [2.45, 2.75) is 13.0 Å². The average Bonchev–Trinajstić information content (AvgIpc) is 2.71. The van der Waals surface area contributed by atoms with Gasteiger partial charge in [0, 0.05) is 13.1 Å². The first-order valence-corrected chi connectivity index (χ1v) is 9.13. The molecule has 0 saturated carbocycles. The second kappa shape index (κ2) is 11.3. The second-order valence-electron chi connectivity index (χ2n) is 6.12. The zero-order valence-corrected chi connectivity index (χ0v) is 16.3. The monoisotopic (exact) mass is 371 g/mol. The van der Waals surface area contributed by atoms with E-state index < -0.39 is 6.10 Å². The summed E-state index contributed by atoms with van der Waals surface area (Å²) in [5.41, 5.74) is 1.17. The van der Waals surface area contributed by atoms with E-state index in [0.717, 1.165) is 13.1 Å². The van der Waals surface area contributed by atoms with Crippen LogP contribution in [0.5, 0.6) is 17.2 Å². The fourth-order valence-corrected chi connectivity index (χ4v) is 2.74. The molecule has 0 amide bonds. The van der Waals surface area contributed by atoms with Gasteiger partial charge in [-0.2, -0.15) is 0 Å². The van der Waals surface area contributed by atoms with E-state index in [0.29, 0.717) is 23.8 Å². The number of benzene rings is 2. The summed E-state index contributed by atoms with van der Waals surface area (Å²) in [5.74, 6) is 1.69. The number of hydrogen-bond acceptors (Lipinski definition) is 5. The zero-order valence-electron chi connectivity index (χ0n) is 16.3. The van der Waals surface area contributed by atoms with Crippen molar-refractivity contribution in [2.24, 2.45) is 0 Å². The van der Waals surface area contributed by atoms with E-state index in [-0.39, 0.29) is 6.61 Å². The van der Waals surface area contributed by atoms with Crippen molar-refractivity contribution in [2.75, 3.05) is 40.5 Å². The Labute approximate surface area is 161 Å². The normalized spacial score (nSPS) is 12.3. The molecule has 0 aliphatic heterocycles. The van der Waals surface area contributed by atoms with Gasteiger partial charge in [-0.25, -0.2) is 0 Å². The van der Waals surface area contributed by atoms with Crippen molar-refractivity contribution in [3.05, 3.63) is 60.2 Å². The Balaban J connectivity index is 1.85. The summed E-state index contributed by atoms with van der Waals surface area (Å²) in [6.07, 6.45) is 3.59. The van der Waals surface area contributed by atoms with Gasteiger partial charge in [0.15, 0.2) is 11.5 Å². The molecule has 0 fully saturated rings. The van der Waals surface area contributed by atoms with Crippen molar-refractivity contribution in [1.29, 1.82) is 0 Å². The highest BCUT2D eigenvalue weighted by Crippen LogP contribution is 2.36. The van der Waals surface area contributed by atoms with Crippen LogP contribution in [0.15, 0.2) is 54.6 Å². The molecule has 0 heterocycles. The molecule has 27 heavy (non-hydrogen) atoms. The van der Waals surface area contributed by atoms with Gasteiger partial charge in [-0.15, -0.1) is 0 Å². The lowest BCUT2D eigenvalue weighted by molar-refractivity contribution is 0.0723. The Morgan fingerprint density at radius 3 is 2.41 bits per heavy atom. The molecule has 0 aromatic heterocycles. The third kappa shape index (κ3) is 6.62. The number of likely N-dealkylation sites (N-methyl/N-ethyl adjacent to an activating group) is 1. The summed E-state index contributed by atoms with van der Waals surface area (Å²) in [6.45, 7) is 4.41. The second-order valence-corrected chi connectivity index (χ2v) is 6.12. The molecule has 0 saturated heterocycles. The molecule has 0 radical (unpaired) electrons. The maximum absolute atomic E-state index is 10.4. The van der Waals surface area contributed by atoms with E-state index in [1.807, 2.05) is 24.3 Å². The van der Waals surface area contributed by atoms with Crippen LogP contribution in [0.2, 0.25) is 0 Å². The van der Waals surface area contributed by atoms with Crippen LogP contribution in [0.3, 0.4) is 0 Å². The van der Waals surface area contributed by atoms with E-state index in [1.165, 1.54) is 5.56 Å². The number of aliphatic hydroxyl groups is 1. The molecular weight excluding hydrogens is 342 g/mol. The Bertz CT molecular complexity index is 703. The molecule has 0 aliphatic rings. The molecule has 2 aromatic carbocycles. The Kier molecular flexibility index (Phi) is 8.68. The predicted octanol–water partition coefficient (Wildman–Crippen LogP) is 3.48. The van der Waals surface area contributed by atoms with E-state index in [9.17, 15) is 5.11 Å². The van der Waals surface area contributed by atoms with Gasteiger partial charge in [0.05, 0.1) is 14.2 Å². The Morgan fingerprint density at radius 1 is 1.00 bits per heavy atom.